The van der Waals surface area contributed by atoms with Gasteiger partial charge in [0.05, 0.1) is 16.4 Å². The van der Waals surface area contributed by atoms with Gasteiger partial charge in [0.2, 0.25) is 5.91 Å². The summed E-state index contributed by atoms with van der Waals surface area (Å²) < 4.78 is 0.897. The van der Waals surface area contributed by atoms with E-state index in [2.05, 4.69) is 41.1 Å². The molecule has 7 nitrogen and oxygen atoms in total. The van der Waals surface area contributed by atoms with Crippen molar-refractivity contribution in [3.63, 3.8) is 0 Å². The molecule has 4 rings (SSSR count). The average molecular weight is 455 g/mol. The normalized spacial score (nSPS) is 14.0. The van der Waals surface area contributed by atoms with Crippen molar-refractivity contribution >= 4 is 40.4 Å². The summed E-state index contributed by atoms with van der Waals surface area (Å²) in [6.45, 7) is 4.77. The molecule has 1 saturated heterocycles. The molecule has 0 saturated carbocycles. The van der Waals surface area contributed by atoms with Crippen LogP contribution < -0.4 is 4.90 Å². The maximum absolute atomic E-state index is 12.6. The topological polar surface area (TPSA) is 79.6 Å². The second-order valence-electron chi connectivity index (χ2n) is 7.29. The first-order valence-corrected chi connectivity index (χ1v) is 11.8. The van der Waals surface area contributed by atoms with Crippen molar-refractivity contribution in [1.82, 2.24) is 9.88 Å². The number of thiazole rings is 1. The minimum absolute atomic E-state index is 0.0855. The maximum Gasteiger partial charge on any atom is 0.269 e. The maximum atomic E-state index is 12.6. The van der Waals surface area contributed by atoms with Crippen LogP contribution in [-0.4, -0.2) is 52.6 Å². The second-order valence-corrected chi connectivity index (χ2v) is 9.38. The highest BCUT2D eigenvalue weighted by molar-refractivity contribution is 8.01. The van der Waals surface area contributed by atoms with Crippen molar-refractivity contribution in [2.24, 2.45) is 0 Å². The molecular formula is C22H22N4O3S2. The standard InChI is InChI=1S/C22H22N4O3S2/c1-16-2-4-17(5-3-16)20-14-30-22(23-20)31-15-21(27)25-12-10-24(11-13-25)18-6-8-19(9-7-18)26(28)29/h2-9,14H,10-13,15H2,1H3. The quantitative estimate of drug-likeness (QED) is 0.311. The van der Waals surface area contributed by atoms with Crippen molar-refractivity contribution in [3.05, 3.63) is 69.6 Å². The zero-order valence-corrected chi connectivity index (χ0v) is 18.7. The summed E-state index contributed by atoms with van der Waals surface area (Å²) in [4.78, 5) is 31.7. The number of aryl methyl sites for hydroxylation is 1. The zero-order valence-electron chi connectivity index (χ0n) is 17.1. The Kier molecular flexibility index (Phi) is 6.53. The first-order valence-electron chi connectivity index (χ1n) is 9.92. The third-order valence-electron chi connectivity index (χ3n) is 5.21. The number of aromatic nitrogens is 1. The molecule has 0 unspecified atom stereocenters. The largest absolute Gasteiger partial charge is 0.368 e. The van der Waals surface area contributed by atoms with Gasteiger partial charge in [-0.3, -0.25) is 14.9 Å². The van der Waals surface area contributed by atoms with Crippen molar-refractivity contribution in [3.8, 4) is 11.3 Å². The number of carbonyl (C=O) groups excluding carboxylic acids is 1. The van der Waals surface area contributed by atoms with Gasteiger partial charge in [-0.25, -0.2) is 4.98 Å². The number of nitro groups is 1. The third kappa shape index (κ3) is 5.23. The Morgan fingerprint density at radius 2 is 1.77 bits per heavy atom. The summed E-state index contributed by atoms with van der Waals surface area (Å²) in [6.07, 6.45) is 0. The highest BCUT2D eigenvalue weighted by Gasteiger charge is 2.22. The number of hydrogen-bond acceptors (Lipinski definition) is 7. The van der Waals surface area contributed by atoms with Gasteiger partial charge in [-0.05, 0) is 19.1 Å². The van der Waals surface area contributed by atoms with E-state index in [1.54, 1.807) is 23.5 Å². The van der Waals surface area contributed by atoms with E-state index in [0.717, 1.165) is 21.3 Å². The highest BCUT2D eigenvalue weighted by atomic mass is 32.2. The van der Waals surface area contributed by atoms with Crippen LogP contribution in [-0.2, 0) is 4.79 Å². The van der Waals surface area contributed by atoms with E-state index in [9.17, 15) is 14.9 Å². The number of thioether (sulfide) groups is 1. The van der Waals surface area contributed by atoms with E-state index in [1.807, 2.05) is 10.3 Å². The van der Waals surface area contributed by atoms with Crippen LogP contribution in [0, 0.1) is 17.0 Å². The van der Waals surface area contributed by atoms with Crippen LogP contribution in [0.4, 0.5) is 11.4 Å². The number of hydrogen-bond donors (Lipinski definition) is 0. The van der Waals surface area contributed by atoms with Crippen LogP contribution in [0.25, 0.3) is 11.3 Å². The van der Waals surface area contributed by atoms with E-state index in [0.29, 0.717) is 31.9 Å². The number of benzene rings is 2. The Balaban J connectivity index is 1.27. The Morgan fingerprint density at radius 3 is 2.42 bits per heavy atom. The molecule has 0 radical (unpaired) electrons. The molecule has 2 heterocycles. The molecule has 0 N–H and O–H groups in total. The Hall–Kier alpha value is -2.91. The van der Waals surface area contributed by atoms with Crippen molar-refractivity contribution in [2.45, 2.75) is 11.3 Å². The third-order valence-corrected chi connectivity index (χ3v) is 7.21. The number of non-ortho nitro benzene ring substituents is 1. The summed E-state index contributed by atoms with van der Waals surface area (Å²) in [7, 11) is 0. The number of amides is 1. The van der Waals surface area contributed by atoms with Gasteiger partial charge >= 0.3 is 0 Å². The van der Waals surface area contributed by atoms with E-state index in [1.165, 1.54) is 29.5 Å². The van der Waals surface area contributed by atoms with Gasteiger partial charge in [0, 0.05) is 54.9 Å². The number of anilines is 1. The van der Waals surface area contributed by atoms with Gasteiger partial charge in [0.1, 0.15) is 0 Å². The molecule has 31 heavy (non-hydrogen) atoms. The molecule has 2 aromatic carbocycles. The first kappa shape index (κ1) is 21.3. The SMILES string of the molecule is Cc1ccc(-c2csc(SCC(=O)N3CCN(c4ccc([N+](=O)[O-])cc4)CC3)n2)cc1. The fourth-order valence-corrected chi connectivity index (χ4v) is 5.13. The van der Waals surface area contributed by atoms with Crippen molar-refractivity contribution in [1.29, 1.82) is 0 Å². The molecule has 3 aromatic rings. The fourth-order valence-electron chi connectivity index (χ4n) is 3.39. The predicted molar refractivity (Wildman–Crippen MR) is 125 cm³/mol. The minimum atomic E-state index is -0.399. The van der Waals surface area contributed by atoms with E-state index in [-0.39, 0.29) is 11.6 Å². The molecule has 0 spiro atoms. The highest BCUT2D eigenvalue weighted by Crippen LogP contribution is 2.29. The van der Waals surface area contributed by atoms with Gasteiger partial charge in [0.25, 0.3) is 5.69 Å². The number of nitrogens with zero attached hydrogens (tertiary/aromatic N) is 4. The zero-order chi connectivity index (χ0) is 21.8. The Bertz CT molecular complexity index is 1060. The van der Waals surface area contributed by atoms with E-state index < -0.39 is 4.92 Å². The number of rotatable bonds is 6. The van der Waals surface area contributed by atoms with E-state index >= 15 is 0 Å². The summed E-state index contributed by atoms with van der Waals surface area (Å²) in [5.74, 6) is 0.485. The van der Waals surface area contributed by atoms with Gasteiger partial charge in [-0.15, -0.1) is 11.3 Å². The van der Waals surface area contributed by atoms with Crippen LogP contribution in [0.1, 0.15) is 5.56 Å². The fraction of sp³-hybridized carbons (Fsp3) is 0.273. The number of nitro benzene ring substituents is 1. The van der Waals surface area contributed by atoms with E-state index in [4.69, 9.17) is 0 Å². The monoisotopic (exact) mass is 454 g/mol. The molecule has 1 aromatic heterocycles. The summed E-state index contributed by atoms with van der Waals surface area (Å²) >= 11 is 3.04. The Labute approximate surface area is 188 Å². The molecule has 160 valence electrons. The molecule has 0 aliphatic carbocycles. The number of carbonyl (C=O) groups is 1. The van der Waals surface area contributed by atoms with Crippen LogP contribution in [0.2, 0.25) is 0 Å². The lowest BCUT2D eigenvalue weighted by Crippen LogP contribution is -2.49. The molecule has 1 aliphatic rings. The van der Waals surface area contributed by atoms with Gasteiger partial charge < -0.3 is 9.80 Å². The lowest BCUT2D eigenvalue weighted by Gasteiger charge is -2.36. The lowest BCUT2D eigenvalue weighted by atomic mass is 10.1. The molecule has 9 heteroatoms. The summed E-state index contributed by atoms with van der Waals surface area (Å²) in [5.41, 5.74) is 4.27. The van der Waals surface area contributed by atoms with Crippen LogP contribution >= 0.6 is 23.1 Å². The molecule has 0 atom stereocenters. The molecular weight excluding hydrogens is 432 g/mol. The molecule has 1 fully saturated rings. The molecule has 1 amide bonds. The van der Waals surface area contributed by atoms with Crippen molar-refractivity contribution < 1.29 is 9.72 Å². The minimum Gasteiger partial charge on any atom is -0.368 e. The number of piperazine rings is 1. The smallest absolute Gasteiger partial charge is 0.269 e. The predicted octanol–water partition coefficient (Wildman–Crippen LogP) is 4.47. The first-order chi connectivity index (χ1) is 15.0. The van der Waals surface area contributed by atoms with Gasteiger partial charge in [-0.1, -0.05) is 41.6 Å². The lowest BCUT2D eigenvalue weighted by molar-refractivity contribution is -0.384. The van der Waals surface area contributed by atoms with Crippen LogP contribution in [0.15, 0.2) is 58.3 Å². The molecule has 0 bridgehead atoms. The second kappa shape index (κ2) is 9.49. The van der Waals surface area contributed by atoms with Gasteiger partial charge in [0.15, 0.2) is 4.34 Å². The van der Waals surface area contributed by atoms with Crippen molar-refractivity contribution in [2.75, 3.05) is 36.8 Å². The summed E-state index contributed by atoms with van der Waals surface area (Å²) in [6, 6.07) is 14.8. The summed E-state index contributed by atoms with van der Waals surface area (Å²) in [5, 5.41) is 12.8. The average Bonchev–Trinajstić information content (AvgIpc) is 3.27. The van der Waals surface area contributed by atoms with Gasteiger partial charge in [-0.2, -0.15) is 0 Å². The molecule has 1 aliphatic heterocycles. The van der Waals surface area contributed by atoms with Crippen LogP contribution in [0.5, 0.6) is 0 Å². The Morgan fingerprint density at radius 1 is 1.10 bits per heavy atom. The van der Waals surface area contributed by atoms with Crippen LogP contribution in [0.3, 0.4) is 0 Å².